The molecule has 7 heteroatoms. The molecule has 1 unspecified atom stereocenters. The summed E-state index contributed by atoms with van der Waals surface area (Å²) in [4.78, 5) is 1.79. The molecule has 1 fully saturated rings. The lowest BCUT2D eigenvalue weighted by atomic mass is 9.98. The molecule has 1 aromatic heterocycles. The average molecular weight is 312 g/mol. The lowest BCUT2D eigenvalue weighted by Crippen LogP contribution is -2.42. The third-order valence-electron chi connectivity index (χ3n) is 2.92. The van der Waals surface area contributed by atoms with E-state index in [4.69, 9.17) is 0 Å². The van der Waals surface area contributed by atoms with Gasteiger partial charge in [-0.15, -0.1) is 0 Å². The fourth-order valence-corrected chi connectivity index (χ4v) is 2.40. The quantitative estimate of drug-likeness (QED) is 0.837. The van der Waals surface area contributed by atoms with Gasteiger partial charge in [-0.3, -0.25) is 9.58 Å². The van der Waals surface area contributed by atoms with Crippen molar-refractivity contribution in [1.82, 2.24) is 14.7 Å². The van der Waals surface area contributed by atoms with Crippen LogP contribution in [0.25, 0.3) is 0 Å². The van der Waals surface area contributed by atoms with Crippen LogP contribution in [0.15, 0.2) is 16.9 Å². The van der Waals surface area contributed by atoms with E-state index in [2.05, 4.69) is 21.0 Å². The topological polar surface area (TPSA) is 21.1 Å². The summed E-state index contributed by atoms with van der Waals surface area (Å²) in [6.07, 6.45) is 0.140. The molecule has 2 heterocycles. The zero-order valence-electron chi connectivity index (χ0n) is 9.12. The minimum absolute atomic E-state index is 0.0704. The Balaban J connectivity index is 1.94. The smallest absolute Gasteiger partial charge is 0.284 e. The Morgan fingerprint density at radius 2 is 2.24 bits per heavy atom. The molecule has 0 radical (unpaired) electrons. The van der Waals surface area contributed by atoms with Crippen LogP contribution in [0.2, 0.25) is 0 Å². The van der Waals surface area contributed by atoms with Crippen molar-refractivity contribution in [3.8, 4) is 0 Å². The van der Waals surface area contributed by atoms with Gasteiger partial charge in [-0.25, -0.2) is 0 Å². The fraction of sp³-hybridized carbons (Fsp3) is 0.700. The molecule has 2 rings (SSSR count). The summed E-state index contributed by atoms with van der Waals surface area (Å²) >= 11 is 3.26. The van der Waals surface area contributed by atoms with Crippen molar-refractivity contribution in [2.75, 3.05) is 13.1 Å². The molecule has 0 bridgehead atoms. The predicted molar refractivity (Wildman–Crippen MR) is 60.3 cm³/mol. The third-order valence-corrected chi connectivity index (χ3v) is 3.32. The number of hydrogen-bond donors (Lipinski definition) is 0. The van der Waals surface area contributed by atoms with Crippen molar-refractivity contribution in [3.63, 3.8) is 0 Å². The van der Waals surface area contributed by atoms with Gasteiger partial charge in [0.1, 0.15) is 0 Å². The minimum Gasteiger partial charge on any atom is -0.284 e. The van der Waals surface area contributed by atoms with Crippen molar-refractivity contribution < 1.29 is 13.2 Å². The molecule has 1 aliphatic rings. The fourth-order valence-electron chi connectivity index (χ4n) is 2.07. The van der Waals surface area contributed by atoms with E-state index in [0.29, 0.717) is 19.6 Å². The maximum absolute atomic E-state index is 12.6. The first-order chi connectivity index (χ1) is 7.95. The number of halogens is 4. The number of alkyl halides is 3. The Morgan fingerprint density at radius 3 is 2.82 bits per heavy atom. The molecule has 1 aliphatic heterocycles. The SMILES string of the molecule is FC(F)(F)C1CCCN(Cn2cc(Br)cn2)C1. The molecule has 17 heavy (non-hydrogen) atoms. The first kappa shape index (κ1) is 12.9. The first-order valence-corrected chi connectivity index (χ1v) is 6.21. The number of nitrogens with zero attached hydrogens (tertiary/aromatic N) is 3. The van der Waals surface area contributed by atoms with Crippen LogP contribution in [-0.4, -0.2) is 33.9 Å². The van der Waals surface area contributed by atoms with Crippen molar-refractivity contribution in [2.45, 2.75) is 25.7 Å². The Bertz CT molecular complexity index is 377. The molecule has 0 aromatic carbocycles. The summed E-state index contributed by atoms with van der Waals surface area (Å²) in [6, 6.07) is 0. The van der Waals surface area contributed by atoms with Crippen LogP contribution in [-0.2, 0) is 6.67 Å². The van der Waals surface area contributed by atoms with Crippen LogP contribution in [0.1, 0.15) is 12.8 Å². The number of piperidine rings is 1. The van der Waals surface area contributed by atoms with Crippen molar-refractivity contribution in [2.24, 2.45) is 5.92 Å². The van der Waals surface area contributed by atoms with Gasteiger partial charge in [0.2, 0.25) is 0 Å². The van der Waals surface area contributed by atoms with Gasteiger partial charge in [0.15, 0.2) is 0 Å². The Hall–Kier alpha value is -0.560. The predicted octanol–water partition coefficient (Wildman–Crippen LogP) is 2.88. The van der Waals surface area contributed by atoms with Crippen LogP contribution in [0, 0.1) is 5.92 Å². The highest BCUT2D eigenvalue weighted by Crippen LogP contribution is 2.33. The first-order valence-electron chi connectivity index (χ1n) is 5.42. The third kappa shape index (κ3) is 3.45. The summed E-state index contributed by atoms with van der Waals surface area (Å²) in [5.41, 5.74) is 0. The van der Waals surface area contributed by atoms with Crippen LogP contribution in [0.3, 0.4) is 0 Å². The number of hydrogen-bond acceptors (Lipinski definition) is 2. The van der Waals surface area contributed by atoms with E-state index in [1.807, 2.05) is 0 Å². The molecule has 1 saturated heterocycles. The molecule has 0 spiro atoms. The summed E-state index contributed by atoms with van der Waals surface area (Å²) in [7, 11) is 0. The van der Waals surface area contributed by atoms with E-state index in [1.54, 1.807) is 22.0 Å². The highest BCUT2D eigenvalue weighted by molar-refractivity contribution is 9.10. The summed E-state index contributed by atoms with van der Waals surface area (Å²) < 4.78 is 40.3. The Morgan fingerprint density at radius 1 is 1.47 bits per heavy atom. The molecule has 0 amide bonds. The van der Waals surface area contributed by atoms with Gasteiger partial charge in [0.25, 0.3) is 0 Å². The van der Waals surface area contributed by atoms with E-state index in [-0.39, 0.29) is 13.0 Å². The maximum atomic E-state index is 12.6. The molecule has 1 aromatic rings. The molecule has 0 aliphatic carbocycles. The van der Waals surface area contributed by atoms with Crippen molar-refractivity contribution >= 4 is 15.9 Å². The van der Waals surface area contributed by atoms with E-state index in [0.717, 1.165) is 4.47 Å². The summed E-state index contributed by atoms with van der Waals surface area (Å²) in [5.74, 6) is -1.20. The van der Waals surface area contributed by atoms with E-state index in [9.17, 15) is 13.2 Å². The minimum atomic E-state index is -4.08. The van der Waals surface area contributed by atoms with E-state index < -0.39 is 12.1 Å². The van der Waals surface area contributed by atoms with Crippen LogP contribution >= 0.6 is 15.9 Å². The molecular weight excluding hydrogens is 299 g/mol. The largest absolute Gasteiger partial charge is 0.393 e. The molecular formula is C10H13BrF3N3. The molecule has 0 N–H and O–H groups in total. The highest BCUT2D eigenvalue weighted by Gasteiger charge is 2.41. The van der Waals surface area contributed by atoms with Crippen molar-refractivity contribution in [1.29, 1.82) is 0 Å². The van der Waals surface area contributed by atoms with E-state index in [1.165, 1.54) is 0 Å². The number of rotatable bonds is 2. The normalized spacial score (nSPS) is 22.9. The van der Waals surface area contributed by atoms with Crippen molar-refractivity contribution in [3.05, 3.63) is 16.9 Å². The molecule has 3 nitrogen and oxygen atoms in total. The van der Waals surface area contributed by atoms with Gasteiger partial charge >= 0.3 is 6.18 Å². The molecule has 96 valence electrons. The van der Waals surface area contributed by atoms with Crippen LogP contribution in [0.5, 0.6) is 0 Å². The monoisotopic (exact) mass is 311 g/mol. The van der Waals surface area contributed by atoms with Crippen LogP contribution in [0.4, 0.5) is 13.2 Å². The van der Waals surface area contributed by atoms with Gasteiger partial charge < -0.3 is 0 Å². The van der Waals surface area contributed by atoms with Gasteiger partial charge in [-0.05, 0) is 35.3 Å². The van der Waals surface area contributed by atoms with Gasteiger partial charge in [-0.1, -0.05) is 0 Å². The Kier molecular flexibility index (Phi) is 3.77. The number of likely N-dealkylation sites (tertiary alicyclic amines) is 1. The van der Waals surface area contributed by atoms with Crippen LogP contribution < -0.4 is 0 Å². The van der Waals surface area contributed by atoms with Gasteiger partial charge in [-0.2, -0.15) is 18.3 Å². The zero-order chi connectivity index (χ0) is 12.5. The van der Waals surface area contributed by atoms with Gasteiger partial charge in [0, 0.05) is 12.7 Å². The second kappa shape index (κ2) is 4.97. The van der Waals surface area contributed by atoms with E-state index >= 15 is 0 Å². The van der Waals surface area contributed by atoms with Gasteiger partial charge in [0.05, 0.1) is 23.3 Å². The lowest BCUT2D eigenvalue weighted by molar-refractivity contribution is -0.188. The lowest BCUT2D eigenvalue weighted by Gasteiger charge is -2.33. The second-order valence-electron chi connectivity index (χ2n) is 4.30. The standard InChI is InChI=1S/C10H13BrF3N3/c11-9-4-15-17(6-9)7-16-3-1-2-8(5-16)10(12,13)14/h4,6,8H,1-3,5,7H2. The average Bonchev–Trinajstić information content (AvgIpc) is 2.63. The summed E-state index contributed by atoms with van der Waals surface area (Å²) in [5, 5.41) is 4.04. The maximum Gasteiger partial charge on any atom is 0.393 e. The number of aromatic nitrogens is 2. The zero-order valence-corrected chi connectivity index (χ0v) is 10.7. The molecule has 0 saturated carbocycles. The second-order valence-corrected chi connectivity index (χ2v) is 5.21. The molecule has 1 atom stereocenters. The Labute approximate surface area is 106 Å². The summed E-state index contributed by atoms with van der Waals surface area (Å²) in [6.45, 7) is 1.18. The highest BCUT2D eigenvalue weighted by atomic mass is 79.9.